The molecule has 0 bridgehead atoms. The van der Waals surface area contributed by atoms with Gasteiger partial charge in [0.25, 0.3) is 5.91 Å². The van der Waals surface area contributed by atoms with Crippen LogP contribution in [-0.4, -0.2) is 78.8 Å². The van der Waals surface area contributed by atoms with Crippen LogP contribution in [0.25, 0.3) is 0 Å². The van der Waals surface area contributed by atoms with Gasteiger partial charge < -0.3 is 14.3 Å². The van der Waals surface area contributed by atoms with E-state index in [1.54, 1.807) is 18.7 Å². The molecule has 0 N–H and O–H groups in total. The second-order valence-electron chi connectivity index (χ2n) is 7.93. The summed E-state index contributed by atoms with van der Waals surface area (Å²) in [6.45, 7) is 5.52. The van der Waals surface area contributed by atoms with Crippen molar-refractivity contribution in [3.8, 4) is 0 Å². The van der Waals surface area contributed by atoms with Crippen molar-refractivity contribution in [1.29, 1.82) is 0 Å². The number of nitrogens with zero attached hydrogens (tertiary/aromatic N) is 4. The zero-order valence-electron chi connectivity index (χ0n) is 17.6. The number of thiophene rings is 1. The fourth-order valence-corrected chi connectivity index (χ4v) is 6.67. The van der Waals surface area contributed by atoms with Gasteiger partial charge in [0.1, 0.15) is 10.6 Å². The van der Waals surface area contributed by atoms with E-state index in [2.05, 4.69) is 5.16 Å². The highest BCUT2D eigenvalue weighted by Gasteiger charge is 2.36. The number of carbonyl (C=O) groups excluding carboxylic acids is 2. The second kappa shape index (κ2) is 8.71. The van der Waals surface area contributed by atoms with Gasteiger partial charge in [-0.3, -0.25) is 9.59 Å². The van der Waals surface area contributed by atoms with E-state index in [9.17, 15) is 18.0 Å². The quantitative estimate of drug-likeness (QED) is 0.680. The van der Waals surface area contributed by atoms with Crippen molar-refractivity contribution in [3.05, 3.63) is 33.8 Å². The molecule has 0 spiro atoms. The average Bonchev–Trinajstić information content (AvgIpc) is 3.43. The highest BCUT2D eigenvalue weighted by molar-refractivity contribution is 7.89. The minimum atomic E-state index is -3.70. The maximum Gasteiger partial charge on any atom is 0.263 e. The second-order valence-corrected chi connectivity index (χ2v) is 10.7. The Morgan fingerprint density at radius 3 is 2.29 bits per heavy atom. The zero-order valence-corrected chi connectivity index (χ0v) is 19.2. The van der Waals surface area contributed by atoms with E-state index in [0.717, 1.165) is 4.88 Å². The van der Waals surface area contributed by atoms with Crippen molar-refractivity contribution in [2.75, 3.05) is 39.3 Å². The Morgan fingerprint density at radius 2 is 1.74 bits per heavy atom. The van der Waals surface area contributed by atoms with Crippen LogP contribution < -0.4 is 0 Å². The number of sulfonamides is 1. The number of rotatable bonds is 4. The van der Waals surface area contributed by atoms with Crippen LogP contribution >= 0.6 is 11.3 Å². The molecule has 11 heteroatoms. The minimum Gasteiger partial charge on any atom is -0.360 e. The molecule has 0 atom stereocenters. The molecule has 0 saturated carbocycles. The molecule has 0 radical (unpaired) electrons. The molecule has 2 aliphatic heterocycles. The molecule has 0 unspecified atom stereocenters. The van der Waals surface area contributed by atoms with E-state index in [-0.39, 0.29) is 41.5 Å². The van der Waals surface area contributed by atoms with Gasteiger partial charge in [0.2, 0.25) is 15.9 Å². The van der Waals surface area contributed by atoms with Crippen molar-refractivity contribution >= 4 is 33.2 Å². The predicted octanol–water partition coefficient (Wildman–Crippen LogP) is 1.74. The van der Waals surface area contributed by atoms with Gasteiger partial charge in [0.05, 0.1) is 4.88 Å². The number of hydrogen-bond acceptors (Lipinski definition) is 7. The van der Waals surface area contributed by atoms with E-state index < -0.39 is 10.0 Å². The number of hydrogen-bond donors (Lipinski definition) is 0. The Morgan fingerprint density at radius 1 is 1.06 bits per heavy atom. The number of carbonyl (C=O) groups is 2. The summed E-state index contributed by atoms with van der Waals surface area (Å²) in [6.07, 6.45) is 1.26. The normalized spacial score (nSPS) is 19.0. The first-order chi connectivity index (χ1) is 14.8. The summed E-state index contributed by atoms with van der Waals surface area (Å²) >= 11 is 1.43. The Labute approximate surface area is 185 Å². The lowest BCUT2D eigenvalue weighted by Gasteiger charge is -2.38. The SMILES string of the molecule is Cc1noc(C)c1S(=O)(=O)N1CCN(C(=O)C2CCN(C(=O)c3cccs3)CC2)CC1. The highest BCUT2D eigenvalue weighted by Crippen LogP contribution is 2.26. The van der Waals surface area contributed by atoms with Gasteiger partial charge in [-0.2, -0.15) is 4.31 Å². The molecular formula is C20H26N4O5S2. The first kappa shape index (κ1) is 22.0. The molecule has 2 saturated heterocycles. The van der Waals surface area contributed by atoms with E-state index in [4.69, 9.17) is 4.52 Å². The van der Waals surface area contributed by atoms with Crippen LogP contribution in [0.15, 0.2) is 26.9 Å². The Kier molecular flexibility index (Phi) is 6.18. The van der Waals surface area contributed by atoms with Gasteiger partial charge in [-0.15, -0.1) is 11.3 Å². The lowest BCUT2D eigenvalue weighted by molar-refractivity contribution is -0.138. The lowest BCUT2D eigenvalue weighted by Crippen LogP contribution is -2.53. The first-order valence-corrected chi connectivity index (χ1v) is 12.7. The zero-order chi connectivity index (χ0) is 22.2. The molecule has 2 aromatic rings. The smallest absolute Gasteiger partial charge is 0.263 e. The summed E-state index contributed by atoms with van der Waals surface area (Å²) in [5.74, 6) is 0.231. The van der Waals surface area contributed by atoms with Crippen molar-refractivity contribution in [2.24, 2.45) is 5.92 Å². The van der Waals surface area contributed by atoms with Crippen LogP contribution in [0.2, 0.25) is 0 Å². The number of aryl methyl sites for hydroxylation is 2. The summed E-state index contributed by atoms with van der Waals surface area (Å²) in [5.41, 5.74) is 0.347. The largest absolute Gasteiger partial charge is 0.360 e. The van der Waals surface area contributed by atoms with Crippen LogP contribution in [0.1, 0.15) is 34.0 Å². The fourth-order valence-electron chi connectivity index (χ4n) is 4.26. The predicted molar refractivity (Wildman–Crippen MR) is 114 cm³/mol. The van der Waals surface area contributed by atoms with Gasteiger partial charge in [-0.25, -0.2) is 8.42 Å². The van der Waals surface area contributed by atoms with Crippen molar-refractivity contribution < 1.29 is 22.5 Å². The maximum atomic E-state index is 13.0. The molecule has 31 heavy (non-hydrogen) atoms. The Bertz CT molecular complexity index is 1030. The fraction of sp³-hybridized carbons (Fsp3) is 0.550. The van der Waals surface area contributed by atoms with Crippen LogP contribution in [0.5, 0.6) is 0 Å². The Hall–Kier alpha value is -2.24. The number of aromatic nitrogens is 1. The van der Waals surface area contributed by atoms with Gasteiger partial charge in [0.15, 0.2) is 5.76 Å². The first-order valence-electron chi connectivity index (χ1n) is 10.3. The Balaban J connectivity index is 1.31. The molecule has 4 rings (SSSR count). The molecule has 0 aliphatic carbocycles. The lowest BCUT2D eigenvalue weighted by atomic mass is 9.95. The molecule has 2 aromatic heterocycles. The van der Waals surface area contributed by atoms with E-state index in [1.807, 2.05) is 22.4 Å². The third kappa shape index (κ3) is 4.26. The van der Waals surface area contributed by atoms with Gasteiger partial charge in [-0.05, 0) is 38.1 Å². The molecule has 2 fully saturated rings. The highest BCUT2D eigenvalue weighted by atomic mass is 32.2. The topological polar surface area (TPSA) is 104 Å². The van der Waals surface area contributed by atoms with Gasteiger partial charge >= 0.3 is 0 Å². The number of amides is 2. The summed E-state index contributed by atoms with van der Waals surface area (Å²) in [6, 6.07) is 3.68. The third-order valence-corrected chi connectivity index (χ3v) is 8.98. The molecule has 0 aromatic carbocycles. The van der Waals surface area contributed by atoms with Gasteiger partial charge in [-0.1, -0.05) is 11.2 Å². The number of piperazine rings is 1. The monoisotopic (exact) mass is 466 g/mol. The summed E-state index contributed by atoms with van der Waals surface area (Å²) in [5, 5.41) is 5.63. The van der Waals surface area contributed by atoms with Crippen molar-refractivity contribution in [3.63, 3.8) is 0 Å². The van der Waals surface area contributed by atoms with Gasteiger partial charge in [0, 0.05) is 45.2 Å². The standard InChI is InChI=1S/C20H26N4O5S2/c1-14-18(15(2)29-21-14)31(27,28)24-11-9-23(10-12-24)19(25)16-5-7-22(8-6-16)20(26)17-4-3-13-30-17/h3-4,13,16H,5-12H2,1-2H3. The van der Waals surface area contributed by atoms with Crippen molar-refractivity contribution in [1.82, 2.24) is 19.3 Å². The molecule has 168 valence electrons. The summed E-state index contributed by atoms with van der Waals surface area (Å²) < 4.78 is 32.3. The molecular weight excluding hydrogens is 440 g/mol. The van der Waals surface area contributed by atoms with E-state index in [1.165, 1.54) is 15.6 Å². The number of likely N-dealkylation sites (tertiary alicyclic amines) is 1. The summed E-state index contributed by atoms with van der Waals surface area (Å²) in [7, 11) is -3.70. The van der Waals surface area contributed by atoms with Crippen LogP contribution in [0, 0.1) is 19.8 Å². The number of piperidine rings is 1. The van der Waals surface area contributed by atoms with Crippen molar-refractivity contribution in [2.45, 2.75) is 31.6 Å². The third-order valence-electron chi connectivity index (χ3n) is 5.98. The molecule has 2 aliphatic rings. The molecule has 4 heterocycles. The maximum absolute atomic E-state index is 13.0. The average molecular weight is 467 g/mol. The molecule has 2 amide bonds. The molecule has 9 nitrogen and oxygen atoms in total. The van der Waals surface area contributed by atoms with E-state index in [0.29, 0.717) is 44.7 Å². The van der Waals surface area contributed by atoms with E-state index >= 15 is 0 Å². The summed E-state index contributed by atoms with van der Waals surface area (Å²) in [4.78, 5) is 29.9. The van der Waals surface area contributed by atoms with Crippen LogP contribution in [0.3, 0.4) is 0 Å². The van der Waals surface area contributed by atoms with Crippen LogP contribution in [0.4, 0.5) is 0 Å². The van der Waals surface area contributed by atoms with Crippen LogP contribution in [-0.2, 0) is 14.8 Å². The minimum absolute atomic E-state index is 0.0269.